The molecule has 0 aliphatic carbocycles. The van der Waals surface area contributed by atoms with Crippen LogP contribution in [0.25, 0.3) is 22.3 Å². The lowest BCUT2D eigenvalue weighted by Gasteiger charge is -2.21. The quantitative estimate of drug-likeness (QED) is 0.211. The highest BCUT2D eigenvalue weighted by molar-refractivity contribution is 14.1. The number of hydrogen-bond donors (Lipinski definition) is 2. The fourth-order valence-corrected chi connectivity index (χ4v) is 6.01. The lowest BCUT2D eigenvalue weighted by Crippen LogP contribution is -2.12. The van der Waals surface area contributed by atoms with Gasteiger partial charge in [-0.1, -0.05) is 57.0 Å². The highest BCUT2D eigenvalue weighted by Crippen LogP contribution is 2.42. The van der Waals surface area contributed by atoms with Gasteiger partial charge in [-0.3, -0.25) is 0 Å². The molecule has 0 amide bonds. The fourth-order valence-electron chi connectivity index (χ4n) is 4.34. The van der Waals surface area contributed by atoms with Crippen LogP contribution >= 0.6 is 45.2 Å². The molecule has 0 aliphatic heterocycles. The number of unbranched alkanes of at least 4 members (excludes halogenated alkanes) is 2. The molecule has 0 aromatic heterocycles. The zero-order valence-corrected chi connectivity index (χ0v) is 23.6. The summed E-state index contributed by atoms with van der Waals surface area (Å²) in [4.78, 5) is 25.2. The zero-order chi connectivity index (χ0) is 24.8. The molecule has 178 valence electrons. The number of aromatic carboxylic acids is 2. The summed E-state index contributed by atoms with van der Waals surface area (Å²) >= 11 is 4.44. The van der Waals surface area contributed by atoms with Crippen LogP contribution in [0.2, 0.25) is 0 Å². The second kappa shape index (κ2) is 12.2. The summed E-state index contributed by atoms with van der Waals surface area (Å²) in [6, 6.07) is 15.1. The van der Waals surface area contributed by atoms with Crippen LogP contribution in [-0.2, 0) is 12.8 Å². The Kier molecular flexibility index (Phi) is 9.53. The van der Waals surface area contributed by atoms with Gasteiger partial charge in [0.1, 0.15) is 0 Å². The largest absolute Gasteiger partial charge is 0.478 e. The topological polar surface area (TPSA) is 74.6 Å². The lowest BCUT2D eigenvalue weighted by atomic mass is 9.84. The van der Waals surface area contributed by atoms with Crippen LogP contribution in [0.15, 0.2) is 48.5 Å². The highest BCUT2D eigenvalue weighted by Gasteiger charge is 2.28. The summed E-state index contributed by atoms with van der Waals surface area (Å²) in [5.41, 5.74) is 4.61. The monoisotopic (exact) mass is 682 g/mol. The summed E-state index contributed by atoms with van der Waals surface area (Å²) in [5, 5.41) is 20.6. The summed E-state index contributed by atoms with van der Waals surface area (Å²) < 4.78 is 1.80. The molecule has 0 fully saturated rings. The number of carboxylic acid groups (broad SMARTS) is 2. The maximum atomic E-state index is 12.8. The van der Waals surface area contributed by atoms with Crippen LogP contribution in [0.4, 0.5) is 0 Å². The Labute approximate surface area is 228 Å². The minimum atomic E-state index is -1.13. The first-order valence-corrected chi connectivity index (χ1v) is 13.7. The average Bonchev–Trinajstić information content (AvgIpc) is 2.80. The van der Waals surface area contributed by atoms with Gasteiger partial charge in [-0.25, -0.2) is 9.59 Å². The second-order valence-corrected chi connectivity index (χ2v) is 10.6. The normalized spacial score (nSPS) is 10.9. The third-order valence-electron chi connectivity index (χ3n) is 5.97. The summed E-state index contributed by atoms with van der Waals surface area (Å²) in [6.45, 7) is 4.24. The van der Waals surface area contributed by atoms with Crippen molar-refractivity contribution < 1.29 is 19.8 Å². The van der Waals surface area contributed by atoms with Crippen LogP contribution < -0.4 is 0 Å². The van der Waals surface area contributed by atoms with Gasteiger partial charge in [0.05, 0.1) is 11.1 Å². The van der Waals surface area contributed by atoms with Crippen molar-refractivity contribution in [2.75, 3.05) is 0 Å². The van der Waals surface area contributed by atoms with Gasteiger partial charge in [-0.15, -0.1) is 0 Å². The van der Waals surface area contributed by atoms with Gasteiger partial charge in [-0.2, -0.15) is 0 Å². The van der Waals surface area contributed by atoms with Crippen molar-refractivity contribution in [1.82, 2.24) is 0 Å². The first-order chi connectivity index (χ1) is 16.3. The van der Waals surface area contributed by atoms with E-state index < -0.39 is 11.9 Å². The molecule has 0 bridgehead atoms. The Morgan fingerprint density at radius 1 is 0.706 bits per heavy atom. The Hall–Kier alpha value is -1.94. The SMILES string of the molecule is CCCCc1cccc(I)c1-c1ccc(C(=O)O)c(-c2c(I)cccc2CCCC)c1C(=O)O. The number of halogens is 2. The smallest absolute Gasteiger partial charge is 0.336 e. The van der Waals surface area contributed by atoms with E-state index in [2.05, 4.69) is 59.0 Å². The molecule has 3 rings (SSSR count). The molecule has 0 radical (unpaired) electrons. The highest BCUT2D eigenvalue weighted by atomic mass is 127. The molecule has 6 heteroatoms. The Morgan fingerprint density at radius 3 is 1.74 bits per heavy atom. The van der Waals surface area contributed by atoms with E-state index in [9.17, 15) is 19.8 Å². The maximum Gasteiger partial charge on any atom is 0.336 e. The van der Waals surface area contributed by atoms with Gasteiger partial charge in [0, 0.05) is 12.7 Å². The molecule has 0 aliphatic rings. The molecule has 0 spiro atoms. The maximum absolute atomic E-state index is 12.8. The molecular weight excluding hydrogens is 654 g/mol. The third-order valence-corrected chi connectivity index (χ3v) is 7.77. The van der Waals surface area contributed by atoms with Gasteiger partial charge in [0.25, 0.3) is 0 Å². The molecule has 0 saturated heterocycles. The molecule has 34 heavy (non-hydrogen) atoms. The molecule has 0 atom stereocenters. The van der Waals surface area contributed by atoms with E-state index in [4.69, 9.17) is 0 Å². The van der Waals surface area contributed by atoms with Gasteiger partial charge >= 0.3 is 11.9 Å². The Bertz CT molecular complexity index is 1220. The molecule has 0 heterocycles. The Balaban J connectivity index is 2.45. The van der Waals surface area contributed by atoms with E-state index in [1.165, 1.54) is 0 Å². The molecule has 3 aromatic rings. The van der Waals surface area contributed by atoms with Crippen molar-refractivity contribution >= 4 is 57.1 Å². The van der Waals surface area contributed by atoms with E-state index in [-0.39, 0.29) is 11.1 Å². The number of hydrogen-bond acceptors (Lipinski definition) is 2. The van der Waals surface area contributed by atoms with Crippen molar-refractivity contribution in [3.05, 3.63) is 77.9 Å². The molecule has 4 nitrogen and oxygen atoms in total. The van der Waals surface area contributed by atoms with Crippen molar-refractivity contribution in [2.24, 2.45) is 0 Å². The number of rotatable bonds is 10. The predicted molar refractivity (Wildman–Crippen MR) is 154 cm³/mol. The first kappa shape index (κ1) is 26.7. The van der Waals surface area contributed by atoms with Crippen LogP contribution in [0.3, 0.4) is 0 Å². The molecule has 3 aromatic carbocycles. The minimum absolute atomic E-state index is 0.0176. The predicted octanol–water partition coefficient (Wildman–Crippen LogP) is 8.31. The van der Waals surface area contributed by atoms with Crippen LogP contribution in [0.1, 0.15) is 71.4 Å². The molecule has 2 N–H and O–H groups in total. The summed E-state index contributed by atoms with van der Waals surface area (Å²) in [6.07, 6.45) is 5.55. The molecule has 0 saturated carbocycles. The van der Waals surface area contributed by atoms with E-state index in [0.29, 0.717) is 16.7 Å². The number of carbonyl (C=O) groups is 2. The van der Waals surface area contributed by atoms with Gasteiger partial charge in [-0.05, 0) is 117 Å². The van der Waals surface area contributed by atoms with E-state index >= 15 is 0 Å². The van der Waals surface area contributed by atoms with Crippen LogP contribution in [-0.4, -0.2) is 22.2 Å². The number of aryl methyl sites for hydroxylation is 2. The average molecular weight is 682 g/mol. The molecular formula is C28H28I2O4. The summed E-state index contributed by atoms with van der Waals surface area (Å²) in [5.74, 6) is -2.24. The van der Waals surface area contributed by atoms with Crippen molar-refractivity contribution in [2.45, 2.75) is 52.4 Å². The van der Waals surface area contributed by atoms with Crippen molar-refractivity contribution in [1.29, 1.82) is 0 Å². The third kappa shape index (κ3) is 5.64. The van der Waals surface area contributed by atoms with E-state index in [0.717, 1.165) is 62.4 Å². The van der Waals surface area contributed by atoms with Gasteiger partial charge in [0.2, 0.25) is 0 Å². The fraction of sp³-hybridized carbons (Fsp3) is 0.286. The first-order valence-electron chi connectivity index (χ1n) is 11.5. The molecule has 0 unspecified atom stereocenters. The minimum Gasteiger partial charge on any atom is -0.478 e. The van der Waals surface area contributed by atoms with E-state index in [1.807, 2.05) is 36.4 Å². The number of carboxylic acids is 2. The summed E-state index contributed by atoms with van der Waals surface area (Å²) in [7, 11) is 0. The van der Waals surface area contributed by atoms with Crippen LogP contribution in [0.5, 0.6) is 0 Å². The Morgan fingerprint density at radius 2 is 1.24 bits per heavy atom. The van der Waals surface area contributed by atoms with E-state index in [1.54, 1.807) is 12.1 Å². The van der Waals surface area contributed by atoms with Gasteiger partial charge in [0.15, 0.2) is 0 Å². The lowest BCUT2D eigenvalue weighted by molar-refractivity contribution is 0.0696. The van der Waals surface area contributed by atoms with Gasteiger partial charge < -0.3 is 10.2 Å². The van der Waals surface area contributed by atoms with Crippen LogP contribution in [0, 0.1) is 7.14 Å². The van der Waals surface area contributed by atoms with Crippen molar-refractivity contribution in [3.63, 3.8) is 0 Å². The second-order valence-electron chi connectivity index (χ2n) is 8.28. The number of benzene rings is 3. The standard InChI is InChI=1S/C28H28I2O4/c1-3-5-9-17-11-7-13-21(29)23(17)19-15-16-20(27(31)32)25(26(19)28(33)34)24-18(10-6-4-2)12-8-14-22(24)30/h7-8,11-16H,3-6,9-10H2,1-2H3,(H,31,32)(H,33,34). The van der Waals surface area contributed by atoms with Crippen molar-refractivity contribution in [3.8, 4) is 22.3 Å². The zero-order valence-electron chi connectivity index (χ0n) is 19.3.